The number of anilines is 1. The molecule has 0 bridgehead atoms. The highest BCUT2D eigenvalue weighted by Gasteiger charge is 2.07. The lowest BCUT2D eigenvalue weighted by Gasteiger charge is -2.15. The van der Waals surface area contributed by atoms with Crippen LogP contribution < -0.4 is 10.1 Å². The fourth-order valence-electron chi connectivity index (χ4n) is 2.37. The molecule has 3 aromatic carbocycles. The minimum Gasteiger partial charge on any atom is -0.490 e. The van der Waals surface area contributed by atoms with Gasteiger partial charge < -0.3 is 15.2 Å². The zero-order chi connectivity index (χ0) is 16.1. The van der Waals surface area contributed by atoms with Crippen molar-refractivity contribution >= 4 is 28.1 Å². The molecule has 0 aliphatic heterocycles. The molecule has 2 N–H and O–H groups in total. The average Bonchev–Trinajstić information content (AvgIpc) is 2.59. The number of aliphatic hydroxyl groups excluding tert-OH is 1. The van der Waals surface area contributed by atoms with Crippen LogP contribution in [0, 0.1) is 0 Å². The van der Waals surface area contributed by atoms with E-state index >= 15 is 0 Å². The van der Waals surface area contributed by atoms with E-state index in [0.717, 1.165) is 22.2 Å². The third-order valence-corrected chi connectivity index (χ3v) is 3.82. The minimum absolute atomic E-state index is 0.231. The second-order valence-corrected chi connectivity index (χ2v) is 5.77. The molecule has 3 rings (SSSR count). The van der Waals surface area contributed by atoms with E-state index in [9.17, 15) is 5.11 Å². The highest BCUT2D eigenvalue weighted by molar-refractivity contribution is 6.30. The van der Waals surface area contributed by atoms with Crippen LogP contribution in [-0.4, -0.2) is 24.4 Å². The van der Waals surface area contributed by atoms with Gasteiger partial charge in [-0.05, 0) is 35.7 Å². The van der Waals surface area contributed by atoms with Crippen LogP contribution in [0.4, 0.5) is 5.69 Å². The van der Waals surface area contributed by atoms with Crippen molar-refractivity contribution in [2.24, 2.45) is 0 Å². The Kier molecular flexibility index (Phi) is 5.01. The Morgan fingerprint density at radius 3 is 2.52 bits per heavy atom. The van der Waals surface area contributed by atoms with E-state index in [2.05, 4.69) is 5.32 Å². The topological polar surface area (TPSA) is 41.5 Å². The summed E-state index contributed by atoms with van der Waals surface area (Å²) >= 11 is 5.84. The molecule has 3 nitrogen and oxygen atoms in total. The molecule has 0 aliphatic rings. The highest BCUT2D eigenvalue weighted by Crippen LogP contribution is 2.25. The van der Waals surface area contributed by atoms with Gasteiger partial charge in [0.15, 0.2) is 0 Å². The molecule has 4 heteroatoms. The van der Waals surface area contributed by atoms with Crippen molar-refractivity contribution in [3.8, 4) is 5.75 Å². The molecule has 0 amide bonds. The fourth-order valence-corrected chi connectivity index (χ4v) is 2.50. The Labute approximate surface area is 140 Å². The van der Waals surface area contributed by atoms with Gasteiger partial charge in [-0.15, -0.1) is 0 Å². The molecular formula is C19H18ClNO2. The highest BCUT2D eigenvalue weighted by atomic mass is 35.5. The summed E-state index contributed by atoms with van der Waals surface area (Å²) in [4.78, 5) is 0. The van der Waals surface area contributed by atoms with Gasteiger partial charge in [-0.1, -0.05) is 48.0 Å². The van der Waals surface area contributed by atoms with Crippen molar-refractivity contribution in [3.63, 3.8) is 0 Å². The van der Waals surface area contributed by atoms with E-state index in [1.54, 1.807) is 0 Å². The maximum absolute atomic E-state index is 10.1. The molecule has 118 valence electrons. The normalized spacial score (nSPS) is 12.1. The fraction of sp³-hybridized carbons (Fsp3) is 0.158. The van der Waals surface area contributed by atoms with Crippen molar-refractivity contribution in [2.75, 3.05) is 18.5 Å². The Balaban J connectivity index is 1.56. The first kappa shape index (κ1) is 15.7. The van der Waals surface area contributed by atoms with Crippen molar-refractivity contribution in [3.05, 3.63) is 71.8 Å². The molecule has 0 fully saturated rings. The molecule has 1 atom stereocenters. The predicted octanol–water partition coefficient (Wildman–Crippen LogP) is 4.35. The zero-order valence-electron chi connectivity index (χ0n) is 12.6. The smallest absolute Gasteiger partial charge is 0.127 e. The van der Waals surface area contributed by atoms with Gasteiger partial charge in [-0.25, -0.2) is 0 Å². The second kappa shape index (κ2) is 7.36. The van der Waals surface area contributed by atoms with E-state index in [-0.39, 0.29) is 6.61 Å². The molecule has 0 heterocycles. The van der Waals surface area contributed by atoms with Crippen LogP contribution >= 0.6 is 11.6 Å². The summed E-state index contributed by atoms with van der Waals surface area (Å²) in [5, 5.41) is 16.1. The molecule has 23 heavy (non-hydrogen) atoms. The van der Waals surface area contributed by atoms with Crippen LogP contribution in [-0.2, 0) is 0 Å². The van der Waals surface area contributed by atoms with Crippen LogP contribution in [0.25, 0.3) is 10.8 Å². The van der Waals surface area contributed by atoms with Gasteiger partial charge in [0.05, 0.1) is 0 Å². The summed E-state index contributed by atoms with van der Waals surface area (Å²) in [6, 6.07) is 21.3. The van der Waals surface area contributed by atoms with Crippen molar-refractivity contribution in [1.82, 2.24) is 0 Å². The van der Waals surface area contributed by atoms with Crippen LogP contribution in [0.2, 0.25) is 5.02 Å². The molecule has 0 spiro atoms. The molecule has 1 unspecified atom stereocenters. The van der Waals surface area contributed by atoms with Crippen LogP contribution in [0.1, 0.15) is 0 Å². The Morgan fingerprint density at radius 2 is 1.70 bits per heavy atom. The van der Waals surface area contributed by atoms with Gasteiger partial charge in [-0.3, -0.25) is 0 Å². The summed E-state index contributed by atoms with van der Waals surface area (Å²) in [5.41, 5.74) is 0.915. The van der Waals surface area contributed by atoms with Crippen molar-refractivity contribution in [1.29, 1.82) is 0 Å². The lowest BCUT2D eigenvalue weighted by atomic mass is 10.1. The number of ether oxygens (including phenoxy) is 1. The first-order valence-corrected chi connectivity index (χ1v) is 7.88. The summed E-state index contributed by atoms with van der Waals surface area (Å²) in [6.07, 6.45) is -0.607. The predicted molar refractivity (Wildman–Crippen MR) is 95.4 cm³/mol. The largest absolute Gasteiger partial charge is 0.490 e. The van der Waals surface area contributed by atoms with Crippen LogP contribution in [0.15, 0.2) is 66.7 Å². The van der Waals surface area contributed by atoms with Gasteiger partial charge in [0.2, 0.25) is 0 Å². The second-order valence-electron chi connectivity index (χ2n) is 5.33. The van der Waals surface area contributed by atoms with E-state index in [4.69, 9.17) is 16.3 Å². The third-order valence-electron chi connectivity index (χ3n) is 3.57. The number of halogens is 1. The molecule has 0 aromatic heterocycles. The Bertz CT molecular complexity index is 768. The maximum atomic E-state index is 10.1. The van der Waals surface area contributed by atoms with Crippen LogP contribution in [0.3, 0.4) is 0 Å². The zero-order valence-corrected chi connectivity index (χ0v) is 13.3. The number of aliphatic hydroxyl groups is 1. The monoisotopic (exact) mass is 327 g/mol. The summed E-state index contributed by atoms with van der Waals surface area (Å²) < 4.78 is 5.78. The standard InChI is InChI=1S/C19H18ClNO2/c20-15-8-10-16(11-9-15)21-12-17(22)13-23-19-7-3-5-14-4-1-2-6-18(14)19/h1-11,17,21-22H,12-13H2. The van der Waals surface area contributed by atoms with Gasteiger partial charge in [-0.2, -0.15) is 0 Å². The minimum atomic E-state index is -0.607. The maximum Gasteiger partial charge on any atom is 0.127 e. The van der Waals surface area contributed by atoms with E-state index in [1.165, 1.54) is 0 Å². The number of hydrogen-bond donors (Lipinski definition) is 2. The number of rotatable bonds is 6. The van der Waals surface area contributed by atoms with Crippen LogP contribution in [0.5, 0.6) is 5.75 Å². The van der Waals surface area contributed by atoms with Gasteiger partial charge >= 0.3 is 0 Å². The summed E-state index contributed by atoms with van der Waals surface area (Å²) in [7, 11) is 0. The van der Waals surface area contributed by atoms with E-state index in [0.29, 0.717) is 11.6 Å². The first-order valence-electron chi connectivity index (χ1n) is 7.50. The number of hydrogen-bond acceptors (Lipinski definition) is 3. The number of nitrogens with one attached hydrogen (secondary N) is 1. The lowest BCUT2D eigenvalue weighted by Crippen LogP contribution is -2.26. The first-order chi connectivity index (χ1) is 11.2. The average molecular weight is 328 g/mol. The summed E-state index contributed by atoms with van der Waals surface area (Å²) in [6.45, 7) is 0.640. The molecule has 0 aliphatic carbocycles. The molecule has 0 saturated heterocycles. The Hall–Kier alpha value is -2.23. The van der Waals surface area contributed by atoms with E-state index in [1.807, 2.05) is 66.7 Å². The lowest BCUT2D eigenvalue weighted by molar-refractivity contribution is 0.118. The van der Waals surface area contributed by atoms with E-state index < -0.39 is 6.10 Å². The van der Waals surface area contributed by atoms with Crippen molar-refractivity contribution < 1.29 is 9.84 Å². The van der Waals surface area contributed by atoms with Crippen molar-refractivity contribution in [2.45, 2.75) is 6.10 Å². The van der Waals surface area contributed by atoms with Gasteiger partial charge in [0.1, 0.15) is 18.5 Å². The number of benzene rings is 3. The molecule has 0 radical (unpaired) electrons. The summed E-state index contributed by atoms with van der Waals surface area (Å²) in [5.74, 6) is 0.786. The Morgan fingerprint density at radius 1 is 0.957 bits per heavy atom. The number of fused-ring (bicyclic) bond motifs is 1. The molecule has 0 saturated carbocycles. The third kappa shape index (κ3) is 4.15. The SMILES string of the molecule is OC(CNc1ccc(Cl)cc1)COc1cccc2ccccc12. The molecule has 3 aromatic rings. The van der Waals surface area contributed by atoms with Gasteiger partial charge in [0, 0.05) is 22.6 Å². The quantitative estimate of drug-likeness (QED) is 0.707. The molecular weight excluding hydrogens is 310 g/mol. The van der Waals surface area contributed by atoms with Gasteiger partial charge in [0.25, 0.3) is 0 Å².